The summed E-state index contributed by atoms with van der Waals surface area (Å²) in [5.41, 5.74) is 2.55. The van der Waals surface area contributed by atoms with Crippen molar-refractivity contribution in [2.45, 2.75) is 26.3 Å². The third-order valence-electron chi connectivity index (χ3n) is 4.87. The molecule has 2 aromatic heterocycles. The summed E-state index contributed by atoms with van der Waals surface area (Å²) < 4.78 is 6.94. The third-order valence-corrected chi connectivity index (χ3v) is 4.87. The summed E-state index contributed by atoms with van der Waals surface area (Å²) >= 11 is 0. The molecule has 1 fully saturated rings. The number of hydrogen-bond acceptors (Lipinski definition) is 7. The number of piperidine rings is 1. The van der Waals surface area contributed by atoms with E-state index in [0.717, 1.165) is 43.0 Å². The van der Waals surface area contributed by atoms with Crippen LogP contribution in [0.25, 0.3) is 11.2 Å². The van der Waals surface area contributed by atoms with Gasteiger partial charge in [-0.1, -0.05) is 35.5 Å². The van der Waals surface area contributed by atoms with E-state index in [0.29, 0.717) is 18.7 Å². The molecule has 140 valence electrons. The number of carbonyl (C=O) groups is 1. The maximum atomic E-state index is 11.9. The van der Waals surface area contributed by atoms with Gasteiger partial charge in [-0.15, -0.1) is 5.10 Å². The van der Waals surface area contributed by atoms with E-state index in [4.69, 9.17) is 4.74 Å². The zero-order valence-corrected chi connectivity index (χ0v) is 15.3. The number of aromatic nitrogens is 5. The molecule has 0 saturated carbocycles. The number of rotatable bonds is 5. The van der Waals surface area contributed by atoms with Crippen LogP contribution in [0, 0.1) is 5.92 Å². The first-order valence-corrected chi connectivity index (χ1v) is 9.26. The monoisotopic (exact) mass is 366 g/mol. The molecule has 1 saturated heterocycles. The lowest BCUT2D eigenvalue weighted by atomic mass is 9.97. The maximum absolute atomic E-state index is 11.9. The van der Waals surface area contributed by atoms with Crippen molar-refractivity contribution in [3.8, 4) is 0 Å². The topological polar surface area (TPSA) is 86.0 Å². The third kappa shape index (κ3) is 3.60. The summed E-state index contributed by atoms with van der Waals surface area (Å²) in [6.07, 6.45) is 3.06. The van der Waals surface area contributed by atoms with Gasteiger partial charge in [-0.05, 0) is 25.3 Å². The highest BCUT2D eigenvalue weighted by Gasteiger charge is 2.28. The van der Waals surface area contributed by atoms with Crippen molar-refractivity contribution >= 4 is 23.0 Å². The molecule has 0 unspecified atom stereocenters. The summed E-state index contributed by atoms with van der Waals surface area (Å²) in [6, 6.07) is 10.1. The highest BCUT2D eigenvalue weighted by molar-refractivity contribution is 5.83. The fourth-order valence-corrected chi connectivity index (χ4v) is 3.46. The van der Waals surface area contributed by atoms with Crippen molar-refractivity contribution in [3.63, 3.8) is 0 Å². The number of benzene rings is 1. The fourth-order valence-electron chi connectivity index (χ4n) is 3.46. The van der Waals surface area contributed by atoms with Gasteiger partial charge in [0.05, 0.1) is 19.1 Å². The standard InChI is InChI=1S/C19H22N6O2/c1-2-27-19(26)15-8-10-24(11-9-15)17-16-18(21-13-20-17)25(23-22-16)12-14-6-4-3-5-7-14/h3-7,13,15H,2,8-12H2,1H3. The van der Waals surface area contributed by atoms with Crippen LogP contribution in [-0.2, 0) is 16.1 Å². The Hall–Kier alpha value is -3.03. The Labute approximate surface area is 157 Å². The van der Waals surface area contributed by atoms with Crippen LogP contribution in [0.5, 0.6) is 0 Å². The molecule has 0 N–H and O–H groups in total. The van der Waals surface area contributed by atoms with Gasteiger partial charge in [0.25, 0.3) is 0 Å². The van der Waals surface area contributed by atoms with Crippen LogP contribution in [0.3, 0.4) is 0 Å². The average Bonchev–Trinajstić information content (AvgIpc) is 3.12. The van der Waals surface area contributed by atoms with Crippen LogP contribution in [0.15, 0.2) is 36.7 Å². The van der Waals surface area contributed by atoms with Gasteiger partial charge < -0.3 is 9.64 Å². The van der Waals surface area contributed by atoms with E-state index in [1.54, 1.807) is 11.0 Å². The number of esters is 1. The quantitative estimate of drug-likeness (QED) is 0.639. The molecule has 0 amide bonds. The second kappa shape index (κ2) is 7.69. The lowest BCUT2D eigenvalue weighted by Gasteiger charge is -2.31. The van der Waals surface area contributed by atoms with Gasteiger partial charge in [-0.3, -0.25) is 4.79 Å². The Morgan fingerprint density at radius 1 is 1.19 bits per heavy atom. The van der Waals surface area contributed by atoms with Gasteiger partial charge >= 0.3 is 5.97 Å². The van der Waals surface area contributed by atoms with Crippen molar-refractivity contribution in [1.82, 2.24) is 25.0 Å². The number of anilines is 1. The van der Waals surface area contributed by atoms with E-state index in [9.17, 15) is 4.79 Å². The van der Waals surface area contributed by atoms with Crippen molar-refractivity contribution in [1.29, 1.82) is 0 Å². The number of fused-ring (bicyclic) bond motifs is 1. The zero-order valence-electron chi connectivity index (χ0n) is 15.3. The van der Waals surface area contributed by atoms with Crippen LogP contribution in [-0.4, -0.2) is 50.6 Å². The summed E-state index contributed by atoms with van der Waals surface area (Å²) in [5.74, 6) is 0.646. The molecule has 0 spiro atoms. The van der Waals surface area contributed by atoms with Gasteiger partial charge in [0, 0.05) is 13.1 Å². The smallest absolute Gasteiger partial charge is 0.309 e. The Bertz CT molecular complexity index is 918. The van der Waals surface area contributed by atoms with Crippen molar-refractivity contribution < 1.29 is 9.53 Å². The van der Waals surface area contributed by atoms with E-state index in [1.165, 1.54) is 0 Å². The Morgan fingerprint density at radius 2 is 1.96 bits per heavy atom. The first kappa shape index (κ1) is 17.4. The van der Waals surface area contributed by atoms with E-state index < -0.39 is 0 Å². The predicted octanol–water partition coefficient (Wildman–Crippen LogP) is 2.05. The van der Waals surface area contributed by atoms with Crippen LogP contribution >= 0.6 is 0 Å². The lowest BCUT2D eigenvalue weighted by Crippen LogP contribution is -2.37. The molecule has 0 bridgehead atoms. The molecular formula is C19H22N6O2. The summed E-state index contributed by atoms with van der Waals surface area (Å²) in [7, 11) is 0. The molecule has 4 rings (SSSR count). The van der Waals surface area contributed by atoms with E-state index in [-0.39, 0.29) is 11.9 Å². The van der Waals surface area contributed by atoms with Gasteiger partial charge in [0.1, 0.15) is 6.33 Å². The summed E-state index contributed by atoms with van der Waals surface area (Å²) in [6.45, 7) is 4.35. The van der Waals surface area contributed by atoms with Gasteiger partial charge in [0.2, 0.25) is 0 Å². The van der Waals surface area contributed by atoms with Crippen LogP contribution in [0.1, 0.15) is 25.3 Å². The lowest BCUT2D eigenvalue weighted by molar-refractivity contribution is -0.148. The highest BCUT2D eigenvalue weighted by atomic mass is 16.5. The molecule has 0 aliphatic carbocycles. The van der Waals surface area contributed by atoms with Gasteiger partial charge in [-0.2, -0.15) is 0 Å². The van der Waals surface area contributed by atoms with E-state index >= 15 is 0 Å². The van der Waals surface area contributed by atoms with Crippen molar-refractivity contribution in [2.24, 2.45) is 5.92 Å². The van der Waals surface area contributed by atoms with Crippen LogP contribution in [0.2, 0.25) is 0 Å². The summed E-state index contributed by atoms with van der Waals surface area (Å²) in [4.78, 5) is 22.9. The largest absolute Gasteiger partial charge is 0.466 e. The van der Waals surface area contributed by atoms with Crippen LogP contribution < -0.4 is 4.90 Å². The second-order valence-electron chi connectivity index (χ2n) is 6.62. The molecule has 27 heavy (non-hydrogen) atoms. The first-order valence-electron chi connectivity index (χ1n) is 9.26. The number of ether oxygens (including phenoxy) is 1. The van der Waals surface area contributed by atoms with E-state index in [1.807, 2.05) is 25.1 Å². The van der Waals surface area contributed by atoms with Crippen molar-refractivity contribution in [3.05, 3.63) is 42.2 Å². The molecule has 0 radical (unpaired) electrons. The predicted molar refractivity (Wildman–Crippen MR) is 100 cm³/mol. The molecule has 1 aliphatic rings. The minimum Gasteiger partial charge on any atom is -0.466 e. The Morgan fingerprint density at radius 3 is 2.70 bits per heavy atom. The van der Waals surface area contributed by atoms with Crippen molar-refractivity contribution in [2.75, 3.05) is 24.6 Å². The summed E-state index contributed by atoms with van der Waals surface area (Å²) in [5, 5.41) is 8.61. The SMILES string of the molecule is CCOC(=O)C1CCN(c2ncnc3c2nnn3Cc2ccccc2)CC1. The Kier molecular flexibility index (Phi) is 4.95. The number of nitrogens with zero attached hydrogens (tertiary/aromatic N) is 6. The van der Waals surface area contributed by atoms with Gasteiger partial charge in [0.15, 0.2) is 17.0 Å². The van der Waals surface area contributed by atoms with Gasteiger partial charge in [-0.25, -0.2) is 14.6 Å². The molecule has 1 aliphatic heterocycles. The van der Waals surface area contributed by atoms with Crippen LogP contribution in [0.4, 0.5) is 5.82 Å². The molecular weight excluding hydrogens is 344 g/mol. The minimum absolute atomic E-state index is 0.0349. The zero-order chi connectivity index (χ0) is 18.6. The molecule has 8 nitrogen and oxygen atoms in total. The normalized spacial score (nSPS) is 15.2. The fraction of sp³-hybridized carbons (Fsp3) is 0.421. The molecule has 8 heteroatoms. The molecule has 3 heterocycles. The second-order valence-corrected chi connectivity index (χ2v) is 6.62. The Balaban J connectivity index is 1.53. The molecule has 3 aromatic rings. The highest BCUT2D eigenvalue weighted by Crippen LogP contribution is 2.26. The van der Waals surface area contributed by atoms with E-state index in [2.05, 4.69) is 37.3 Å². The minimum atomic E-state index is -0.0983. The number of hydrogen-bond donors (Lipinski definition) is 0. The maximum Gasteiger partial charge on any atom is 0.309 e. The first-order chi connectivity index (χ1) is 13.3. The molecule has 1 aromatic carbocycles. The average molecular weight is 366 g/mol. The number of carbonyl (C=O) groups excluding carboxylic acids is 1. The molecule has 0 atom stereocenters.